The highest BCUT2D eigenvalue weighted by Crippen LogP contribution is 2.35. The number of nitrogens with one attached hydrogen (secondary N) is 1. The van der Waals surface area contributed by atoms with E-state index in [1.54, 1.807) is 6.92 Å². The molecule has 0 radical (unpaired) electrons. The van der Waals surface area contributed by atoms with E-state index in [4.69, 9.17) is 34.8 Å². The highest BCUT2D eigenvalue weighted by Gasteiger charge is 2.32. The van der Waals surface area contributed by atoms with Crippen molar-refractivity contribution in [1.29, 1.82) is 0 Å². The van der Waals surface area contributed by atoms with Crippen LogP contribution in [0.1, 0.15) is 33.3 Å². The first kappa shape index (κ1) is 28.2. The van der Waals surface area contributed by atoms with Crippen LogP contribution in [0.25, 0.3) is 0 Å². The number of amides is 2. The second-order valence-electron chi connectivity index (χ2n) is 8.91. The summed E-state index contributed by atoms with van der Waals surface area (Å²) in [7, 11) is -3.95. The molecule has 0 aliphatic carbocycles. The Morgan fingerprint density at radius 3 is 2.09 bits per heavy atom. The quantitative estimate of drug-likeness (QED) is 0.483. The van der Waals surface area contributed by atoms with Gasteiger partial charge in [-0.05, 0) is 45.4 Å². The molecule has 2 aromatic carbocycles. The van der Waals surface area contributed by atoms with E-state index in [1.807, 2.05) is 51.1 Å². The summed E-state index contributed by atoms with van der Waals surface area (Å²) in [5, 5.41) is 3.11. The van der Waals surface area contributed by atoms with Crippen LogP contribution in [-0.4, -0.2) is 49.5 Å². The Bertz CT molecular complexity index is 1150. The molecule has 7 nitrogen and oxygen atoms in total. The summed E-state index contributed by atoms with van der Waals surface area (Å²) in [6.07, 6.45) is 0.955. The third-order valence-corrected chi connectivity index (χ3v) is 6.95. The van der Waals surface area contributed by atoms with E-state index in [2.05, 4.69) is 5.32 Å². The Morgan fingerprint density at radius 1 is 1.00 bits per heavy atom. The lowest BCUT2D eigenvalue weighted by Gasteiger charge is -2.33. The highest BCUT2D eigenvalue weighted by molar-refractivity contribution is 7.92. The van der Waals surface area contributed by atoms with Gasteiger partial charge in [-0.1, -0.05) is 65.1 Å². The van der Waals surface area contributed by atoms with Gasteiger partial charge in [-0.2, -0.15) is 0 Å². The van der Waals surface area contributed by atoms with E-state index >= 15 is 0 Å². The lowest BCUT2D eigenvalue weighted by molar-refractivity contribution is -0.140. The number of carbonyl (C=O) groups excluding carboxylic acids is 2. The van der Waals surface area contributed by atoms with E-state index in [0.29, 0.717) is 0 Å². The summed E-state index contributed by atoms with van der Waals surface area (Å²) < 4.78 is 26.1. The van der Waals surface area contributed by atoms with Gasteiger partial charge in [-0.3, -0.25) is 13.9 Å². The number of nitrogens with zero attached hydrogens (tertiary/aromatic N) is 2. The number of sulfonamides is 1. The maximum atomic E-state index is 13.5. The van der Waals surface area contributed by atoms with E-state index in [1.165, 1.54) is 17.0 Å². The molecular formula is C23H28Cl3N3O4S. The van der Waals surface area contributed by atoms with Crippen LogP contribution in [-0.2, 0) is 26.2 Å². The Balaban J connectivity index is 2.45. The van der Waals surface area contributed by atoms with Gasteiger partial charge < -0.3 is 10.2 Å². The summed E-state index contributed by atoms with van der Waals surface area (Å²) in [5.41, 5.74) is 0.280. The van der Waals surface area contributed by atoms with Gasteiger partial charge in [0, 0.05) is 12.1 Å². The highest BCUT2D eigenvalue weighted by atomic mass is 35.5. The number of halogens is 3. The first-order valence-corrected chi connectivity index (χ1v) is 13.4. The fourth-order valence-electron chi connectivity index (χ4n) is 3.13. The van der Waals surface area contributed by atoms with E-state index in [-0.39, 0.29) is 33.2 Å². The molecule has 0 saturated carbocycles. The van der Waals surface area contributed by atoms with Crippen molar-refractivity contribution >= 4 is 62.3 Å². The molecule has 0 fully saturated rings. The maximum absolute atomic E-state index is 13.5. The Hall–Kier alpha value is -2.00. The van der Waals surface area contributed by atoms with Crippen LogP contribution in [0.3, 0.4) is 0 Å². The van der Waals surface area contributed by atoms with Crippen molar-refractivity contribution in [1.82, 2.24) is 10.2 Å². The van der Waals surface area contributed by atoms with Crippen molar-refractivity contribution in [2.75, 3.05) is 17.1 Å². The van der Waals surface area contributed by atoms with Crippen molar-refractivity contribution in [2.45, 2.75) is 45.8 Å². The predicted octanol–water partition coefficient (Wildman–Crippen LogP) is 4.74. The number of anilines is 1. The Labute approximate surface area is 216 Å². The number of rotatable bonds is 8. The molecule has 34 heavy (non-hydrogen) atoms. The van der Waals surface area contributed by atoms with E-state index in [0.717, 1.165) is 16.1 Å². The third-order valence-electron chi connectivity index (χ3n) is 4.80. The van der Waals surface area contributed by atoms with E-state index < -0.39 is 34.1 Å². The third kappa shape index (κ3) is 7.77. The number of hydrogen-bond donors (Lipinski definition) is 1. The maximum Gasteiger partial charge on any atom is 0.244 e. The first-order valence-electron chi connectivity index (χ1n) is 10.4. The van der Waals surface area contributed by atoms with Crippen molar-refractivity contribution < 1.29 is 18.0 Å². The molecule has 11 heteroatoms. The van der Waals surface area contributed by atoms with Gasteiger partial charge in [0.2, 0.25) is 21.8 Å². The Kier molecular flexibility index (Phi) is 9.27. The van der Waals surface area contributed by atoms with Crippen LogP contribution in [0, 0.1) is 0 Å². The lowest BCUT2D eigenvalue weighted by Crippen LogP contribution is -2.54. The van der Waals surface area contributed by atoms with Gasteiger partial charge in [0.05, 0.1) is 27.0 Å². The molecule has 1 atom stereocenters. The monoisotopic (exact) mass is 547 g/mol. The van der Waals surface area contributed by atoms with Crippen LogP contribution < -0.4 is 9.62 Å². The molecule has 0 aliphatic rings. The molecule has 1 unspecified atom stereocenters. The minimum absolute atomic E-state index is 0.0124. The molecule has 0 heterocycles. The zero-order valence-corrected chi connectivity index (χ0v) is 22.7. The van der Waals surface area contributed by atoms with Crippen LogP contribution in [0.4, 0.5) is 5.69 Å². The van der Waals surface area contributed by atoms with Crippen LogP contribution >= 0.6 is 34.8 Å². The predicted molar refractivity (Wildman–Crippen MR) is 138 cm³/mol. The first-order chi connectivity index (χ1) is 15.6. The number of benzene rings is 2. The van der Waals surface area contributed by atoms with E-state index in [9.17, 15) is 18.0 Å². The fourth-order valence-corrected chi connectivity index (χ4v) is 4.68. The van der Waals surface area contributed by atoms with Crippen molar-refractivity contribution in [3.8, 4) is 0 Å². The van der Waals surface area contributed by atoms with Gasteiger partial charge in [-0.15, -0.1) is 0 Å². The standard InChI is InChI=1S/C23H28Cl3N3O4S/c1-15(22(31)27-23(2,3)4)28(13-16-9-7-6-8-10-16)21(30)14-29(34(5,32)33)20-12-18(25)17(24)11-19(20)26/h6-12,15H,13-14H2,1-5H3,(H,27,31). The van der Waals surface area contributed by atoms with Gasteiger partial charge in [-0.25, -0.2) is 8.42 Å². The molecule has 2 rings (SSSR count). The average molecular weight is 549 g/mol. The van der Waals surface area contributed by atoms with Crippen LogP contribution in [0.15, 0.2) is 42.5 Å². The molecule has 2 aromatic rings. The topological polar surface area (TPSA) is 86.8 Å². The van der Waals surface area contributed by atoms with Gasteiger partial charge in [0.15, 0.2) is 0 Å². The summed E-state index contributed by atoms with van der Waals surface area (Å²) in [6, 6.07) is 10.8. The molecule has 0 spiro atoms. The Morgan fingerprint density at radius 2 is 1.56 bits per heavy atom. The van der Waals surface area contributed by atoms with Gasteiger partial charge >= 0.3 is 0 Å². The molecule has 1 N–H and O–H groups in total. The normalized spacial score (nSPS) is 12.7. The summed E-state index contributed by atoms with van der Waals surface area (Å²) in [6.45, 7) is 6.61. The molecule has 0 aromatic heterocycles. The zero-order chi connectivity index (χ0) is 25.8. The number of hydrogen-bond acceptors (Lipinski definition) is 4. The summed E-state index contributed by atoms with van der Waals surface area (Å²) in [5.74, 6) is -0.955. The van der Waals surface area contributed by atoms with Crippen LogP contribution in [0.2, 0.25) is 15.1 Å². The van der Waals surface area contributed by atoms with Crippen molar-refractivity contribution in [2.24, 2.45) is 0 Å². The average Bonchev–Trinajstić information content (AvgIpc) is 2.71. The number of carbonyl (C=O) groups is 2. The molecular weight excluding hydrogens is 521 g/mol. The molecule has 2 amide bonds. The molecule has 0 saturated heterocycles. The second kappa shape index (κ2) is 11.2. The van der Waals surface area contributed by atoms with Crippen molar-refractivity contribution in [3.05, 3.63) is 63.1 Å². The van der Waals surface area contributed by atoms with Gasteiger partial charge in [0.1, 0.15) is 12.6 Å². The molecule has 186 valence electrons. The van der Waals surface area contributed by atoms with Crippen molar-refractivity contribution in [3.63, 3.8) is 0 Å². The van der Waals surface area contributed by atoms with Gasteiger partial charge in [0.25, 0.3) is 0 Å². The smallest absolute Gasteiger partial charge is 0.244 e. The zero-order valence-electron chi connectivity index (χ0n) is 19.6. The fraction of sp³-hybridized carbons (Fsp3) is 0.391. The minimum atomic E-state index is -3.95. The van der Waals surface area contributed by atoms with Crippen LogP contribution in [0.5, 0.6) is 0 Å². The SMILES string of the molecule is CC(C(=O)NC(C)(C)C)N(Cc1ccccc1)C(=O)CN(c1cc(Cl)c(Cl)cc1Cl)S(C)(=O)=O. The minimum Gasteiger partial charge on any atom is -0.350 e. The summed E-state index contributed by atoms with van der Waals surface area (Å²) in [4.78, 5) is 27.7. The summed E-state index contributed by atoms with van der Waals surface area (Å²) >= 11 is 18.3. The largest absolute Gasteiger partial charge is 0.350 e. The molecule has 0 aliphatic heterocycles. The lowest BCUT2D eigenvalue weighted by atomic mass is 10.1. The second-order valence-corrected chi connectivity index (χ2v) is 12.0. The molecule has 0 bridgehead atoms.